The van der Waals surface area contributed by atoms with E-state index < -0.39 is 0 Å². The SMILES string of the molecule is C=[C-]/C=C\C(=C)Cl.[Br-].[Mg+2]. The van der Waals surface area contributed by atoms with E-state index in [9.17, 15) is 0 Å². The molecule has 0 spiro atoms. The fourth-order valence-corrected chi connectivity index (χ4v) is 0.212. The van der Waals surface area contributed by atoms with Crippen molar-refractivity contribution in [3.05, 3.63) is 36.4 Å². The summed E-state index contributed by atoms with van der Waals surface area (Å²) in [7, 11) is 0. The minimum atomic E-state index is 0. The van der Waals surface area contributed by atoms with E-state index in [0.717, 1.165) is 0 Å². The van der Waals surface area contributed by atoms with Crippen LogP contribution in [0.4, 0.5) is 0 Å². The maximum absolute atomic E-state index is 5.31. The molecule has 0 radical (unpaired) electrons. The van der Waals surface area contributed by atoms with Crippen molar-refractivity contribution < 1.29 is 17.0 Å². The Morgan fingerprint density at radius 2 is 2.00 bits per heavy atom. The van der Waals surface area contributed by atoms with E-state index in [2.05, 4.69) is 19.2 Å². The predicted molar refractivity (Wildman–Crippen MR) is 38.8 cm³/mol. The molecule has 0 aliphatic carbocycles. The third-order valence-electron chi connectivity index (χ3n) is 0.382. The number of hydrogen-bond acceptors (Lipinski definition) is 0. The summed E-state index contributed by atoms with van der Waals surface area (Å²) in [5.41, 5.74) is 0. The van der Waals surface area contributed by atoms with Gasteiger partial charge in [0.05, 0.1) is 0 Å². The molecule has 46 valence electrons. The molecule has 0 nitrogen and oxygen atoms in total. The van der Waals surface area contributed by atoms with Crippen LogP contribution in [0.3, 0.4) is 0 Å². The Balaban J connectivity index is -0.000000180. The molecule has 0 atom stereocenters. The van der Waals surface area contributed by atoms with Crippen LogP contribution in [0.15, 0.2) is 30.3 Å². The van der Waals surface area contributed by atoms with Gasteiger partial charge in [0.2, 0.25) is 0 Å². The van der Waals surface area contributed by atoms with Crippen LogP contribution in [-0.4, -0.2) is 23.1 Å². The van der Waals surface area contributed by atoms with Crippen molar-refractivity contribution >= 4 is 34.7 Å². The summed E-state index contributed by atoms with van der Waals surface area (Å²) < 4.78 is 0. The maximum atomic E-state index is 5.31. The first-order chi connectivity index (χ1) is 3.27. The fraction of sp³-hybridized carbons (Fsp3) is 0. The molecule has 9 heavy (non-hydrogen) atoms. The Kier molecular flexibility index (Phi) is 21.0. The summed E-state index contributed by atoms with van der Waals surface area (Å²) in [6, 6.07) is 0. The van der Waals surface area contributed by atoms with Gasteiger partial charge in [0, 0.05) is 0 Å². The van der Waals surface area contributed by atoms with Gasteiger partial charge in [-0.2, -0.15) is 12.7 Å². The molecule has 0 unspecified atom stereocenters. The first-order valence-electron chi connectivity index (χ1n) is 1.81. The molecule has 0 aliphatic rings. The zero-order chi connectivity index (χ0) is 5.70. The summed E-state index contributed by atoms with van der Waals surface area (Å²) in [5.74, 6) is 0. The third kappa shape index (κ3) is 17.7. The molecule has 0 saturated heterocycles. The van der Waals surface area contributed by atoms with Gasteiger partial charge >= 0.3 is 23.1 Å². The Labute approximate surface area is 87.6 Å². The first kappa shape index (κ1) is 16.4. The minimum Gasteiger partial charge on any atom is -1.00 e. The maximum Gasteiger partial charge on any atom is 2.00 e. The predicted octanol–water partition coefficient (Wildman–Crippen LogP) is -1.09. The number of rotatable bonds is 2. The molecule has 0 aromatic rings. The van der Waals surface area contributed by atoms with Crippen LogP contribution in [0, 0.1) is 6.08 Å². The smallest absolute Gasteiger partial charge is 1.00 e. The number of allylic oxidation sites excluding steroid dienone is 4. The van der Waals surface area contributed by atoms with Gasteiger partial charge in [0.1, 0.15) is 0 Å². The van der Waals surface area contributed by atoms with Gasteiger partial charge < -0.3 is 17.0 Å². The second-order valence-electron chi connectivity index (χ2n) is 0.984. The van der Waals surface area contributed by atoms with Gasteiger partial charge in [-0.25, -0.2) is 6.08 Å². The second-order valence-corrected chi connectivity index (χ2v) is 1.47. The number of hydrogen-bond donors (Lipinski definition) is 0. The zero-order valence-electron chi connectivity index (χ0n) is 5.03. The standard InChI is InChI=1S/C6H6Cl.BrH.Mg/c1-3-4-5-6(2)7;;/h4-5H,1-2H2;1H;/q-1;;+2/p-1/b5-4-;;. The molecule has 0 heterocycles. The van der Waals surface area contributed by atoms with Crippen LogP contribution in [-0.2, 0) is 0 Å². The van der Waals surface area contributed by atoms with Crippen molar-refractivity contribution in [2.75, 3.05) is 0 Å². The molecular formula is C6H6BrClMg. The second kappa shape index (κ2) is 11.5. The van der Waals surface area contributed by atoms with Gasteiger partial charge in [-0.3, -0.25) is 6.08 Å². The van der Waals surface area contributed by atoms with Crippen molar-refractivity contribution in [3.8, 4) is 0 Å². The van der Waals surface area contributed by atoms with Crippen LogP contribution in [0.2, 0.25) is 0 Å². The van der Waals surface area contributed by atoms with Crippen LogP contribution in [0.25, 0.3) is 0 Å². The summed E-state index contributed by atoms with van der Waals surface area (Å²) in [4.78, 5) is 0. The van der Waals surface area contributed by atoms with E-state index in [0.29, 0.717) is 5.03 Å². The largest absolute Gasteiger partial charge is 2.00 e. The van der Waals surface area contributed by atoms with E-state index in [-0.39, 0.29) is 40.0 Å². The Bertz CT molecular complexity index is 110. The molecule has 0 fully saturated rings. The Morgan fingerprint density at radius 3 is 2.11 bits per heavy atom. The van der Waals surface area contributed by atoms with Crippen molar-refractivity contribution in [1.82, 2.24) is 0 Å². The minimum absolute atomic E-state index is 0. The van der Waals surface area contributed by atoms with Gasteiger partial charge in [-0.15, -0.1) is 11.6 Å². The molecule has 0 aromatic carbocycles. The van der Waals surface area contributed by atoms with Gasteiger partial charge in [0.15, 0.2) is 0 Å². The summed E-state index contributed by atoms with van der Waals surface area (Å²) >= 11 is 5.31. The van der Waals surface area contributed by atoms with Crippen molar-refractivity contribution in [2.24, 2.45) is 0 Å². The Morgan fingerprint density at radius 1 is 1.56 bits per heavy atom. The quantitative estimate of drug-likeness (QED) is 0.313. The number of halogens is 2. The van der Waals surface area contributed by atoms with Crippen LogP contribution < -0.4 is 17.0 Å². The van der Waals surface area contributed by atoms with E-state index in [1.807, 2.05) is 0 Å². The van der Waals surface area contributed by atoms with Gasteiger partial charge in [-0.05, 0) is 5.03 Å². The topological polar surface area (TPSA) is 0 Å². The van der Waals surface area contributed by atoms with E-state index in [4.69, 9.17) is 11.6 Å². The van der Waals surface area contributed by atoms with Crippen LogP contribution >= 0.6 is 11.6 Å². The molecule has 0 aliphatic heterocycles. The summed E-state index contributed by atoms with van der Waals surface area (Å²) in [6.07, 6.45) is 5.75. The van der Waals surface area contributed by atoms with E-state index in [1.165, 1.54) is 0 Å². The molecule has 0 saturated carbocycles. The Hall–Kier alpha value is 0.756. The van der Waals surface area contributed by atoms with E-state index in [1.54, 1.807) is 12.2 Å². The molecule has 0 rings (SSSR count). The van der Waals surface area contributed by atoms with Crippen molar-refractivity contribution in [1.29, 1.82) is 0 Å². The molecule has 0 amide bonds. The molecule has 0 aromatic heterocycles. The fourth-order valence-electron chi connectivity index (χ4n) is 0.149. The molecule has 0 bridgehead atoms. The first-order valence-corrected chi connectivity index (χ1v) is 2.18. The zero-order valence-corrected chi connectivity index (χ0v) is 8.79. The monoisotopic (exact) mass is 216 g/mol. The molecule has 0 N–H and O–H groups in total. The van der Waals surface area contributed by atoms with Crippen molar-refractivity contribution in [3.63, 3.8) is 0 Å². The molecule has 3 heteroatoms. The summed E-state index contributed by atoms with van der Waals surface area (Å²) in [6.45, 7) is 6.72. The average molecular weight is 218 g/mol. The van der Waals surface area contributed by atoms with E-state index >= 15 is 0 Å². The van der Waals surface area contributed by atoms with Gasteiger partial charge in [-0.1, -0.05) is 6.58 Å². The van der Waals surface area contributed by atoms with Crippen molar-refractivity contribution in [2.45, 2.75) is 0 Å². The van der Waals surface area contributed by atoms with Gasteiger partial charge in [0.25, 0.3) is 0 Å². The van der Waals surface area contributed by atoms with Crippen LogP contribution in [0.5, 0.6) is 0 Å². The van der Waals surface area contributed by atoms with Crippen LogP contribution in [0.1, 0.15) is 0 Å². The third-order valence-corrected chi connectivity index (χ3v) is 0.508. The molecular weight excluding hydrogens is 212 g/mol. The summed E-state index contributed by atoms with van der Waals surface area (Å²) in [5, 5.41) is 0.496. The normalized spacial score (nSPS) is 7.22. The average Bonchev–Trinajstić information content (AvgIpc) is 1.61.